The van der Waals surface area contributed by atoms with Gasteiger partial charge in [-0.15, -0.1) is 0 Å². The van der Waals surface area contributed by atoms with Crippen LogP contribution in [0.4, 0.5) is 0 Å². The van der Waals surface area contributed by atoms with Gasteiger partial charge in [-0.1, -0.05) is 30.3 Å². The van der Waals surface area contributed by atoms with E-state index in [0.717, 1.165) is 16.5 Å². The largest absolute Gasteiger partial charge is 0.491 e. The maximum Gasteiger partial charge on any atom is 0.120 e. The van der Waals surface area contributed by atoms with Gasteiger partial charge in [-0.05, 0) is 36.8 Å². The third-order valence-electron chi connectivity index (χ3n) is 3.61. The lowest BCUT2D eigenvalue weighted by Gasteiger charge is -2.26. The van der Waals surface area contributed by atoms with Gasteiger partial charge < -0.3 is 9.84 Å². The van der Waals surface area contributed by atoms with Gasteiger partial charge in [0.1, 0.15) is 18.5 Å². The van der Waals surface area contributed by atoms with Crippen molar-refractivity contribution in [1.29, 1.82) is 5.26 Å². The molecule has 0 aliphatic heterocycles. The summed E-state index contributed by atoms with van der Waals surface area (Å²) in [5, 5.41) is 21.2. The van der Waals surface area contributed by atoms with Crippen molar-refractivity contribution in [3.05, 3.63) is 42.5 Å². The molecule has 22 heavy (non-hydrogen) atoms. The minimum Gasteiger partial charge on any atom is -0.491 e. The second kappa shape index (κ2) is 7.79. The van der Waals surface area contributed by atoms with E-state index in [1.54, 1.807) is 0 Å². The summed E-state index contributed by atoms with van der Waals surface area (Å²) >= 11 is 0. The fourth-order valence-corrected chi connectivity index (χ4v) is 2.32. The van der Waals surface area contributed by atoms with E-state index in [-0.39, 0.29) is 12.6 Å². The first-order valence-corrected chi connectivity index (χ1v) is 7.51. The Balaban J connectivity index is 1.92. The Morgan fingerprint density at radius 2 is 1.91 bits per heavy atom. The molecule has 0 aliphatic carbocycles. The molecule has 0 fully saturated rings. The lowest BCUT2D eigenvalue weighted by molar-refractivity contribution is 0.0629. The first-order chi connectivity index (χ1) is 10.6. The Kier molecular flexibility index (Phi) is 5.76. The minimum atomic E-state index is -0.623. The number of aliphatic hydroxyl groups excluding tert-OH is 1. The average molecular weight is 298 g/mol. The Bertz CT molecular complexity index is 649. The number of fused-ring (bicyclic) bond motifs is 1. The summed E-state index contributed by atoms with van der Waals surface area (Å²) in [4.78, 5) is 1.93. The van der Waals surface area contributed by atoms with E-state index in [2.05, 4.69) is 12.1 Å². The van der Waals surface area contributed by atoms with Gasteiger partial charge in [0.15, 0.2) is 0 Å². The van der Waals surface area contributed by atoms with Crippen LogP contribution in [0.3, 0.4) is 0 Å². The highest BCUT2D eigenvalue weighted by atomic mass is 16.5. The molecule has 4 nitrogen and oxygen atoms in total. The highest BCUT2D eigenvalue weighted by Crippen LogP contribution is 2.20. The molecule has 0 aliphatic rings. The van der Waals surface area contributed by atoms with Crippen LogP contribution in [0.15, 0.2) is 42.5 Å². The van der Waals surface area contributed by atoms with E-state index in [0.29, 0.717) is 13.1 Å². The zero-order valence-corrected chi connectivity index (χ0v) is 13.1. The molecule has 2 rings (SSSR count). The topological polar surface area (TPSA) is 56.5 Å². The smallest absolute Gasteiger partial charge is 0.120 e. The van der Waals surface area contributed by atoms with E-state index in [1.807, 2.05) is 55.1 Å². The van der Waals surface area contributed by atoms with Crippen LogP contribution in [-0.4, -0.2) is 41.8 Å². The second-order valence-corrected chi connectivity index (χ2v) is 5.66. The number of aliphatic hydroxyl groups is 1. The molecule has 0 amide bonds. The summed E-state index contributed by atoms with van der Waals surface area (Å²) in [5.41, 5.74) is 0. The van der Waals surface area contributed by atoms with E-state index < -0.39 is 6.10 Å². The molecule has 0 saturated heterocycles. The number of nitriles is 1. The van der Waals surface area contributed by atoms with Crippen LogP contribution in [0.1, 0.15) is 13.8 Å². The van der Waals surface area contributed by atoms with Crippen LogP contribution in [0.25, 0.3) is 10.8 Å². The molecular weight excluding hydrogens is 276 g/mol. The van der Waals surface area contributed by atoms with Crippen molar-refractivity contribution in [2.45, 2.75) is 26.0 Å². The quantitative estimate of drug-likeness (QED) is 0.799. The lowest BCUT2D eigenvalue weighted by Crippen LogP contribution is -2.40. The molecule has 0 heterocycles. The predicted octanol–water partition coefficient (Wildman–Crippen LogP) is 2.81. The van der Waals surface area contributed by atoms with Crippen molar-refractivity contribution in [3.63, 3.8) is 0 Å². The Morgan fingerprint density at radius 1 is 1.18 bits per heavy atom. The molecule has 2 aromatic rings. The molecule has 0 spiro atoms. The fourth-order valence-electron chi connectivity index (χ4n) is 2.32. The van der Waals surface area contributed by atoms with Gasteiger partial charge in [0.05, 0.1) is 12.6 Å². The fraction of sp³-hybridized carbons (Fsp3) is 0.389. The van der Waals surface area contributed by atoms with Crippen molar-refractivity contribution in [1.82, 2.24) is 4.90 Å². The Labute approximate surface area is 131 Å². The summed E-state index contributed by atoms with van der Waals surface area (Å²) in [6, 6.07) is 16.3. The zero-order chi connectivity index (χ0) is 15.9. The van der Waals surface area contributed by atoms with E-state index in [9.17, 15) is 5.11 Å². The first kappa shape index (κ1) is 16.3. The highest BCUT2D eigenvalue weighted by Gasteiger charge is 2.15. The van der Waals surface area contributed by atoms with Crippen LogP contribution in [0.2, 0.25) is 0 Å². The molecule has 116 valence electrons. The molecule has 1 unspecified atom stereocenters. The summed E-state index contributed by atoms with van der Waals surface area (Å²) in [5.74, 6) is 0.745. The summed E-state index contributed by atoms with van der Waals surface area (Å²) < 4.78 is 5.68. The monoisotopic (exact) mass is 298 g/mol. The number of hydrogen-bond acceptors (Lipinski definition) is 4. The van der Waals surface area contributed by atoms with E-state index >= 15 is 0 Å². The van der Waals surface area contributed by atoms with Crippen molar-refractivity contribution < 1.29 is 9.84 Å². The Hall–Kier alpha value is -2.09. The maximum absolute atomic E-state index is 10.1. The third kappa shape index (κ3) is 4.45. The molecule has 0 saturated carbocycles. The predicted molar refractivity (Wildman–Crippen MR) is 87.8 cm³/mol. The third-order valence-corrected chi connectivity index (χ3v) is 3.61. The van der Waals surface area contributed by atoms with Crippen LogP contribution >= 0.6 is 0 Å². The van der Waals surface area contributed by atoms with Crippen molar-refractivity contribution in [2.75, 3.05) is 19.7 Å². The van der Waals surface area contributed by atoms with Gasteiger partial charge in [0.2, 0.25) is 0 Å². The van der Waals surface area contributed by atoms with Gasteiger partial charge >= 0.3 is 0 Å². The number of hydrogen-bond donors (Lipinski definition) is 1. The van der Waals surface area contributed by atoms with Crippen LogP contribution in [-0.2, 0) is 0 Å². The molecule has 0 bridgehead atoms. The molecule has 2 aromatic carbocycles. The van der Waals surface area contributed by atoms with E-state index in [4.69, 9.17) is 10.00 Å². The first-order valence-electron chi connectivity index (χ1n) is 7.51. The Morgan fingerprint density at radius 3 is 2.59 bits per heavy atom. The molecule has 1 N–H and O–H groups in total. The molecular formula is C18H22N2O2. The molecule has 0 radical (unpaired) electrons. The number of benzene rings is 2. The normalized spacial score (nSPS) is 12.5. The number of nitrogens with zero attached hydrogens (tertiary/aromatic N) is 2. The van der Waals surface area contributed by atoms with Gasteiger partial charge in [0, 0.05) is 12.6 Å². The minimum absolute atomic E-state index is 0.215. The summed E-state index contributed by atoms with van der Waals surface area (Å²) in [6.07, 6.45) is -0.623. The average Bonchev–Trinajstić information content (AvgIpc) is 2.52. The van der Waals surface area contributed by atoms with Gasteiger partial charge in [-0.2, -0.15) is 5.26 Å². The van der Waals surface area contributed by atoms with Gasteiger partial charge in [-0.25, -0.2) is 0 Å². The van der Waals surface area contributed by atoms with Crippen molar-refractivity contribution in [3.8, 4) is 11.8 Å². The molecule has 1 atom stereocenters. The van der Waals surface area contributed by atoms with Gasteiger partial charge in [0.25, 0.3) is 0 Å². The summed E-state index contributed by atoms with van der Waals surface area (Å²) in [6.45, 7) is 4.97. The summed E-state index contributed by atoms with van der Waals surface area (Å²) in [7, 11) is 0. The SMILES string of the molecule is CC(C)N(CC#N)CC(O)COc1ccc2ccccc2c1. The highest BCUT2D eigenvalue weighted by molar-refractivity contribution is 5.83. The van der Waals surface area contributed by atoms with Crippen LogP contribution in [0, 0.1) is 11.3 Å². The van der Waals surface area contributed by atoms with Crippen LogP contribution in [0.5, 0.6) is 5.75 Å². The molecule has 0 aromatic heterocycles. The standard InChI is InChI=1S/C18H22N2O2/c1-14(2)20(10-9-19)12-17(21)13-22-18-8-7-15-5-3-4-6-16(15)11-18/h3-8,11,14,17,21H,10,12-13H2,1-2H3. The van der Waals surface area contributed by atoms with Crippen molar-refractivity contribution in [2.24, 2.45) is 0 Å². The number of rotatable bonds is 7. The van der Waals surface area contributed by atoms with Gasteiger partial charge in [-0.3, -0.25) is 4.90 Å². The number of ether oxygens (including phenoxy) is 1. The molecule has 4 heteroatoms. The lowest BCUT2D eigenvalue weighted by atomic mass is 10.1. The van der Waals surface area contributed by atoms with Crippen LogP contribution < -0.4 is 4.74 Å². The zero-order valence-electron chi connectivity index (χ0n) is 13.1. The second-order valence-electron chi connectivity index (χ2n) is 5.66. The maximum atomic E-state index is 10.1. The van der Waals surface area contributed by atoms with E-state index in [1.165, 1.54) is 0 Å². The van der Waals surface area contributed by atoms with Crippen molar-refractivity contribution >= 4 is 10.8 Å².